The van der Waals surface area contributed by atoms with E-state index >= 15 is 0 Å². The molecule has 0 radical (unpaired) electrons. The highest BCUT2D eigenvalue weighted by atomic mass is 16.3. The van der Waals surface area contributed by atoms with E-state index in [0.29, 0.717) is 0 Å². The molecule has 0 aliphatic carbocycles. The molecule has 3 aromatic heterocycles. The van der Waals surface area contributed by atoms with Crippen LogP contribution in [0.2, 0.25) is 0 Å². The molecule has 0 aliphatic rings. The van der Waals surface area contributed by atoms with E-state index in [2.05, 4.69) is 179 Å². The van der Waals surface area contributed by atoms with Crippen LogP contribution >= 0.6 is 0 Å². The van der Waals surface area contributed by atoms with Crippen LogP contribution in [-0.2, 0) is 0 Å². The van der Waals surface area contributed by atoms with Gasteiger partial charge in [-0.1, -0.05) is 115 Å². The van der Waals surface area contributed by atoms with Gasteiger partial charge in [-0.25, -0.2) is 0 Å². The van der Waals surface area contributed by atoms with Crippen LogP contribution in [0.4, 0.5) is 0 Å². The molecule has 8 aromatic carbocycles. The van der Waals surface area contributed by atoms with Gasteiger partial charge in [0.1, 0.15) is 11.2 Å². The summed E-state index contributed by atoms with van der Waals surface area (Å²) in [6.45, 7) is 0. The summed E-state index contributed by atoms with van der Waals surface area (Å²) in [4.78, 5) is 0. The van der Waals surface area contributed by atoms with E-state index in [-0.39, 0.29) is 0 Å². The second-order valence-corrected chi connectivity index (χ2v) is 13.4. The number of nitrogens with zero attached hydrogens (tertiary/aromatic N) is 2. The Balaban J connectivity index is 1.11. The Morgan fingerprint density at radius 1 is 0.275 bits per heavy atom. The van der Waals surface area contributed by atoms with E-state index in [1.165, 1.54) is 60.3 Å². The third kappa shape index (κ3) is 4.25. The van der Waals surface area contributed by atoms with Gasteiger partial charge in [-0.2, -0.15) is 0 Å². The van der Waals surface area contributed by atoms with Crippen LogP contribution in [0.15, 0.2) is 186 Å². The minimum atomic E-state index is 0.893. The van der Waals surface area contributed by atoms with Gasteiger partial charge >= 0.3 is 0 Å². The van der Waals surface area contributed by atoms with Gasteiger partial charge < -0.3 is 13.6 Å². The molecule has 0 fully saturated rings. The monoisotopic (exact) mass is 650 g/mol. The molecule has 0 aliphatic heterocycles. The second-order valence-electron chi connectivity index (χ2n) is 13.4. The summed E-state index contributed by atoms with van der Waals surface area (Å²) < 4.78 is 11.2. The Morgan fingerprint density at radius 2 is 0.804 bits per heavy atom. The van der Waals surface area contributed by atoms with E-state index in [9.17, 15) is 0 Å². The summed E-state index contributed by atoms with van der Waals surface area (Å²) >= 11 is 0. The molecule has 0 atom stereocenters. The van der Waals surface area contributed by atoms with Crippen LogP contribution in [0.3, 0.4) is 0 Å². The van der Waals surface area contributed by atoms with Crippen molar-refractivity contribution in [1.82, 2.24) is 9.13 Å². The number of hydrogen-bond acceptors (Lipinski definition) is 1. The zero-order chi connectivity index (χ0) is 33.5. The Labute approximate surface area is 293 Å². The van der Waals surface area contributed by atoms with Gasteiger partial charge in [0.25, 0.3) is 0 Å². The van der Waals surface area contributed by atoms with Crippen LogP contribution in [0, 0.1) is 0 Å². The molecule has 0 spiro atoms. The van der Waals surface area contributed by atoms with Crippen molar-refractivity contribution in [3.8, 4) is 33.6 Å². The summed E-state index contributed by atoms with van der Waals surface area (Å²) in [5.41, 5.74) is 13.6. The number of para-hydroxylation sites is 3. The first kappa shape index (κ1) is 28.0. The average Bonchev–Trinajstić information content (AvgIpc) is 3.84. The maximum atomic E-state index is 6.36. The molecule has 3 nitrogen and oxygen atoms in total. The van der Waals surface area contributed by atoms with Crippen LogP contribution in [0.5, 0.6) is 0 Å². The first-order chi connectivity index (χ1) is 25.3. The third-order valence-corrected chi connectivity index (χ3v) is 10.5. The van der Waals surface area contributed by atoms with E-state index < -0.39 is 0 Å². The summed E-state index contributed by atoms with van der Waals surface area (Å²) in [6, 6.07) is 65.5. The molecule has 0 saturated carbocycles. The lowest BCUT2D eigenvalue weighted by Gasteiger charge is -2.11. The number of furan rings is 1. The van der Waals surface area contributed by atoms with E-state index in [4.69, 9.17) is 4.42 Å². The fourth-order valence-corrected chi connectivity index (χ4v) is 8.15. The van der Waals surface area contributed by atoms with Gasteiger partial charge in [0, 0.05) is 49.8 Å². The number of fused-ring (bicyclic) bond motifs is 9. The molecule has 0 amide bonds. The topological polar surface area (TPSA) is 23.0 Å². The van der Waals surface area contributed by atoms with Crippen LogP contribution in [0.25, 0.3) is 99.2 Å². The molecule has 238 valence electrons. The number of hydrogen-bond donors (Lipinski definition) is 0. The number of benzene rings is 8. The Hall–Kier alpha value is -6.84. The smallest absolute Gasteiger partial charge is 0.137 e. The molecule has 0 N–H and O–H groups in total. The average molecular weight is 651 g/mol. The van der Waals surface area contributed by atoms with Crippen molar-refractivity contribution in [2.75, 3.05) is 0 Å². The number of aromatic nitrogens is 2. The van der Waals surface area contributed by atoms with Gasteiger partial charge in [0.05, 0.1) is 22.1 Å². The molecule has 11 rings (SSSR count). The SMILES string of the molecule is c1ccc(-c2cccc(-c3ccc(-n4c5ccccc5c5cc6c7ccccc7n(-c7ccc8c(c7)oc7ccccc78)c6cc54)cc3)c2)cc1. The largest absolute Gasteiger partial charge is 0.456 e. The predicted molar refractivity (Wildman–Crippen MR) is 213 cm³/mol. The van der Waals surface area contributed by atoms with Crippen molar-refractivity contribution in [3.05, 3.63) is 182 Å². The molecule has 11 aromatic rings. The lowest BCUT2D eigenvalue weighted by Crippen LogP contribution is -1.96. The lowest BCUT2D eigenvalue weighted by molar-refractivity contribution is 0.668. The van der Waals surface area contributed by atoms with E-state index in [1.807, 2.05) is 12.1 Å². The van der Waals surface area contributed by atoms with Gasteiger partial charge in [0.15, 0.2) is 0 Å². The predicted octanol–water partition coefficient (Wildman–Crippen LogP) is 13.1. The lowest BCUT2D eigenvalue weighted by atomic mass is 9.99. The van der Waals surface area contributed by atoms with Crippen LogP contribution < -0.4 is 0 Å². The van der Waals surface area contributed by atoms with Crippen molar-refractivity contribution in [3.63, 3.8) is 0 Å². The molecule has 0 bridgehead atoms. The molecule has 3 heterocycles. The first-order valence-corrected chi connectivity index (χ1v) is 17.4. The fourth-order valence-electron chi connectivity index (χ4n) is 8.15. The summed E-state index contributed by atoms with van der Waals surface area (Å²) in [7, 11) is 0. The second kappa shape index (κ2) is 10.8. The molecule has 51 heavy (non-hydrogen) atoms. The summed E-state index contributed by atoms with van der Waals surface area (Å²) in [5, 5.41) is 7.23. The molecule has 3 heteroatoms. The van der Waals surface area contributed by atoms with E-state index in [0.717, 1.165) is 38.8 Å². The maximum absolute atomic E-state index is 6.36. The van der Waals surface area contributed by atoms with Gasteiger partial charge in [-0.3, -0.25) is 0 Å². The quantitative estimate of drug-likeness (QED) is 0.186. The Kier molecular flexibility index (Phi) is 5.96. The fraction of sp³-hybridized carbons (Fsp3) is 0. The summed E-state index contributed by atoms with van der Waals surface area (Å²) in [6.07, 6.45) is 0. The Morgan fingerprint density at radius 3 is 1.51 bits per heavy atom. The highest BCUT2D eigenvalue weighted by Gasteiger charge is 2.19. The van der Waals surface area contributed by atoms with Crippen molar-refractivity contribution in [2.24, 2.45) is 0 Å². The Bertz CT molecular complexity index is 3120. The third-order valence-electron chi connectivity index (χ3n) is 10.5. The summed E-state index contributed by atoms with van der Waals surface area (Å²) in [5.74, 6) is 0. The number of rotatable bonds is 4. The zero-order valence-corrected chi connectivity index (χ0v) is 27.6. The van der Waals surface area contributed by atoms with Crippen LogP contribution in [0.1, 0.15) is 0 Å². The van der Waals surface area contributed by atoms with Crippen LogP contribution in [-0.4, -0.2) is 9.13 Å². The van der Waals surface area contributed by atoms with Crippen molar-refractivity contribution < 1.29 is 4.42 Å². The van der Waals surface area contributed by atoms with Gasteiger partial charge in [-0.15, -0.1) is 0 Å². The van der Waals surface area contributed by atoms with E-state index in [1.54, 1.807) is 0 Å². The molecule has 0 saturated heterocycles. The van der Waals surface area contributed by atoms with Crippen molar-refractivity contribution in [2.45, 2.75) is 0 Å². The minimum absolute atomic E-state index is 0.893. The highest BCUT2D eigenvalue weighted by molar-refractivity contribution is 6.19. The maximum Gasteiger partial charge on any atom is 0.137 e. The minimum Gasteiger partial charge on any atom is -0.456 e. The van der Waals surface area contributed by atoms with Gasteiger partial charge in [-0.05, 0) is 82.9 Å². The first-order valence-electron chi connectivity index (χ1n) is 17.4. The highest BCUT2D eigenvalue weighted by Crippen LogP contribution is 2.41. The standard InChI is InChI=1S/C48H30N2O/c1-2-11-31(12-3-1)33-13-10-14-34(27-33)32-21-23-35(24-22-32)49-43-18-7-4-15-37(43)41-29-42-38-16-5-8-19-44(38)50(46(42)30-45(41)49)36-25-26-40-39-17-6-9-20-47(39)51-48(40)28-36/h1-30H. The van der Waals surface area contributed by atoms with Gasteiger partial charge in [0.2, 0.25) is 0 Å². The van der Waals surface area contributed by atoms with Crippen molar-refractivity contribution in [1.29, 1.82) is 0 Å². The molecular formula is C48H30N2O. The zero-order valence-electron chi connectivity index (χ0n) is 27.6. The molecule has 0 unspecified atom stereocenters. The molecular weight excluding hydrogens is 621 g/mol. The van der Waals surface area contributed by atoms with Crippen molar-refractivity contribution >= 4 is 65.6 Å². The normalized spacial score (nSPS) is 11.9.